The maximum Gasteiger partial charge on any atom is 0.147 e. The number of nitrogens with two attached hydrogens (primary N) is 1. The second-order valence-corrected chi connectivity index (χ2v) is 4.91. The minimum absolute atomic E-state index is 0.185. The van der Waals surface area contributed by atoms with Gasteiger partial charge in [0, 0.05) is 11.1 Å². The molecule has 0 atom stereocenters. The lowest BCUT2D eigenvalue weighted by atomic mass is 9.70. The lowest BCUT2D eigenvalue weighted by Gasteiger charge is -2.40. The van der Waals surface area contributed by atoms with Crippen molar-refractivity contribution in [2.24, 2.45) is 5.73 Å². The van der Waals surface area contributed by atoms with E-state index in [9.17, 15) is 4.39 Å². The second-order valence-electron chi connectivity index (χ2n) is 4.50. The Kier molecular flexibility index (Phi) is 2.52. The van der Waals surface area contributed by atoms with Crippen molar-refractivity contribution in [2.75, 3.05) is 0 Å². The first-order valence-electron chi connectivity index (χ1n) is 5.20. The summed E-state index contributed by atoms with van der Waals surface area (Å²) in [5, 5.41) is 0.185. The number of rotatable bonds is 1. The van der Waals surface area contributed by atoms with E-state index in [1.807, 2.05) is 13.8 Å². The first-order chi connectivity index (χ1) is 6.96. The summed E-state index contributed by atoms with van der Waals surface area (Å²) in [6.07, 6.45) is 2.77. The molecule has 0 unspecified atom stereocenters. The molecule has 1 saturated carbocycles. The van der Waals surface area contributed by atoms with Gasteiger partial charge in [0.05, 0.1) is 5.02 Å². The third-order valence-electron chi connectivity index (χ3n) is 3.48. The molecule has 15 heavy (non-hydrogen) atoms. The lowest BCUT2D eigenvalue weighted by Crippen LogP contribution is -2.44. The summed E-state index contributed by atoms with van der Waals surface area (Å²) in [6, 6.07) is 1.66. The van der Waals surface area contributed by atoms with Crippen LogP contribution in [0.25, 0.3) is 0 Å². The van der Waals surface area contributed by atoms with Crippen LogP contribution in [-0.2, 0) is 5.54 Å². The van der Waals surface area contributed by atoms with Crippen LogP contribution in [0.1, 0.15) is 36.0 Å². The van der Waals surface area contributed by atoms with Gasteiger partial charge in [-0.2, -0.15) is 0 Å². The summed E-state index contributed by atoms with van der Waals surface area (Å²) in [7, 11) is 0. The van der Waals surface area contributed by atoms with Crippen LogP contribution in [0.4, 0.5) is 4.39 Å². The summed E-state index contributed by atoms with van der Waals surface area (Å²) in [4.78, 5) is 0. The minimum Gasteiger partial charge on any atom is -0.321 e. The molecular weight excluding hydrogens is 213 g/mol. The molecule has 0 aliphatic heterocycles. The van der Waals surface area contributed by atoms with E-state index in [1.165, 1.54) is 0 Å². The van der Waals surface area contributed by atoms with Crippen LogP contribution >= 0.6 is 11.6 Å². The van der Waals surface area contributed by atoms with Gasteiger partial charge in [-0.25, -0.2) is 4.39 Å². The Balaban J connectivity index is 2.63. The van der Waals surface area contributed by atoms with Gasteiger partial charge in [0.2, 0.25) is 0 Å². The van der Waals surface area contributed by atoms with Gasteiger partial charge in [-0.3, -0.25) is 0 Å². The predicted octanol–water partition coefficient (Wildman–Crippen LogP) is 3.43. The molecule has 1 fully saturated rings. The number of benzene rings is 1. The van der Waals surface area contributed by atoms with E-state index in [0.29, 0.717) is 5.56 Å². The van der Waals surface area contributed by atoms with Gasteiger partial charge in [-0.05, 0) is 50.3 Å². The van der Waals surface area contributed by atoms with Crippen LogP contribution in [-0.4, -0.2) is 0 Å². The number of hydrogen-bond donors (Lipinski definition) is 1. The van der Waals surface area contributed by atoms with Crippen molar-refractivity contribution in [2.45, 2.75) is 38.6 Å². The molecule has 1 aliphatic rings. The SMILES string of the molecule is Cc1cc(Cl)c(F)c(C2(N)CCC2)c1C. The van der Waals surface area contributed by atoms with Gasteiger partial charge in [-0.1, -0.05) is 11.6 Å². The molecule has 0 spiro atoms. The lowest BCUT2D eigenvalue weighted by molar-refractivity contribution is 0.244. The monoisotopic (exact) mass is 227 g/mol. The Labute approximate surface area is 94.4 Å². The standard InChI is InChI=1S/C12H15ClFN/c1-7-6-9(13)11(14)10(8(7)2)12(15)4-3-5-12/h6H,3-5,15H2,1-2H3. The molecule has 1 aliphatic carbocycles. The Morgan fingerprint density at radius 2 is 2.00 bits per heavy atom. The van der Waals surface area contributed by atoms with Crippen LogP contribution in [0.5, 0.6) is 0 Å². The normalized spacial score (nSPS) is 18.7. The molecule has 0 radical (unpaired) electrons. The minimum atomic E-state index is -0.482. The molecule has 0 heterocycles. The fourth-order valence-corrected chi connectivity index (χ4v) is 2.50. The molecule has 1 aromatic carbocycles. The molecule has 0 aromatic heterocycles. The molecule has 1 nitrogen and oxygen atoms in total. The molecule has 82 valence electrons. The quantitative estimate of drug-likeness (QED) is 0.782. The second kappa shape index (κ2) is 3.46. The zero-order chi connectivity index (χ0) is 11.2. The smallest absolute Gasteiger partial charge is 0.147 e. The average molecular weight is 228 g/mol. The summed E-state index contributed by atoms with van der Waals surface area (Å²) in [6.45, 7) is 3.85. The third kappa shape index (κ3) is 1.56. The first-order valence-corrected chi connectivity index (χ1v) is 5.58. The topological polar surface area (TPSA) is 26.0 Å². The van der Waals surface area contributed by atoms with Gasteiger partial charge in [0.1, 0.15) is 5.82 Å². The van der Waals surface area contributed by atoms with Crippen molar-refractivity contribution in [3.8, 4) is 0 Å². The Bertz CT molecular complexity index is 384. The Hall–Kier alpha value is -0.600. The fourth-order valence-electron chi connectivity index (χ4n) is 2.24. The summed E-state index contributed by atoms with van der Waals surface area (Å²) < 4.78 is 13.9. The third-order valence-corrected chi connectivity index (χ3v) is 3.76. The van der Waals surface area contributed by atoms with E-state index in [-0.39, 0.29) is 10.8 Å². The number of halogens is 2. The summed E-state index contributed by atoms with van der Waals surface area (Å²) in [5.41, 5.74) is 8.26. The van der Waals surface area contributed by atoms with Gasteiger partial charge in [-0.15, -0.1) is 0 Å². The molecule has 1 aromatic rings. The zero-order valence-electron chi connectivity index (χ0n) is 9.03. The largest absolute Gasteiger partial charge is 0.321 e. The average Bonchev–Trinajstić information content (AvgIpc) is 2.12. The van der Waals surface area contributed by atoms with E-state index in [2.05, 4.69) is 0 Å². The molecule has 0 saturated heterocycles. The van der Waals surface area contributed by atoms with Crippen molar-refractivity contribution in [1.29, 1.82) is 0 Å². The van der Waals surface area contributed by atoms with Crippen molar-refractivity contribution in [1.82, 2.24) is 0 Å². The molecular formula is C12H15ClFN. The fraction of sp³-hybridized carbons (Fsp3) is 0.500. The maximum absolute atomic E-state index is 13.9. The zero-order valence-corrected chi connectivity index (χ0v) is 9.79. The van der Waals surface area contributed by atoms with E-state index in [1.54, 1.807) is 6.07 Å². The Morgan fingerprint density at radius 3 is 2.47 bits per heavy atom. The molecule has 0 amide bonds. The molecule has 3 heteroatoms. The van der Waals surface area contributed by atoms with Gasteiger partial charge < -0.3 is 5.73 Å². The van der Waals surface area contributed by atoms with Crippen LogP contribution in [0.3, 0.4) is 0 Å². The highest BCUT2D eigenvalue weighted by atomic mass is 35.5. The van der Waals surface area contributed by atoms with E-state index >= 15 is 0 Å². The van der Waals surface area contributed by atoms with Gasteiger partial charge in [0.25, 0.3) is 0 Å². The van der Waals surface area contributed by atoms with Crippen LogP contribution in [0.15, 0.2) is 6.07 Å². The van der Waals surface area contributed by atoms with Crippen molar-refractivity contribution in [3.63, 3.8) is 0 Å². The molecule has 2 rings (SSSR count). The summed E-state index contributed by atoms with van der Waals surface area (Å²) >= 11 is 5.85. The summed E-state index contributed by atoms with van der Waals surface area (Å²) in [5.74, 6) is -0.332. The molecule has 0 bridgehead atoms. The van der Waals surface area contributed by atoms with Crippen LogP contribution in [0, 0.1) is 19.7 Å². The van der Waals surface area contributed by atoms with Crippen LogP contribution in [0.2, 0.25) is 5.02 Å². The Morgan fingerprint density at radius 1 is 1.40 bits per heavy atom. The molecule has 2 N–H and O–H groups in total. The van der Waals surface area contributed by atoms with Crippen molar-refractivity contribution >= 4 is 11.6 Å². The van der Waals surface area contributed by atoms with E-state index in [4.69, 9.17) is 17.3 Å². The van der Waals surface area contributed by atoms with E-state index in [0.717, 1.165) is 30.4 Å². The van der Waals surface area contributed by atoms with Gasteiger partial charge >= 0.3 is 0 Å². The first kappa shape index (κ1) is 10.9. The number of hydrogen-bond acceptors (Lipinski definition) is 1. The number of aryl methyl sites for hydroxylation is 1. The van der Waals surface area contributed by atoms with E-state index < -0.39 is 5.54 Å². The van der Waals surface area contributed by atoms with Crippen molar-refractivity contribution in [3.05, 3.63) is 33.6 Å². The van der Waals surface area contributed by atoms with Gasteiger partial charge in [0.15, 0.2) is 0 Å². The highest BCUT2D eigenvalue weighted by Gasteiger charge is 2.38. The predicted molar refractivity (Wildman–Crippen MR) is 60.6 cm³/mol. The van der Waals surface area contributed by atoms with Crippen LogP contribution < -0.4 is 5.73 Å². The highest BCUT2D eigenvalue weighted by Crippen LogP contribution is 2.43. The maximum atomic E-state index is 13.9. The van der Waals surface area contributed by atoms with Crippen molar-refractivity contribution < 1.29 is 4.39 Å². The highest BCUT2D eigenvalue weighted by molar-refractivity contribution is 6.30.